The molecule has 0 spiro atoms. The van der Waals surface area contributed by atoms with Crippen molar-refractivity contribution in [1.29, 1.82) is 0 Å². The summed E-state index contributed by atoms with van der Waals surface area (Å²) < 4.78 is 0. The Hall–Kier alpha value is -5.99. The van der Waals surface area contributed by atoms with Crippen LogP contribution in [-0.2, 0) is 5.41 Å². The molecule has 3 atom stereocenters. The smallest absolute Gasteiger partial charge is 0.0674 e. The van der Waals surface area contributed by atoms with Gasteiger partial charge < -0.3 is 4.90 Å². The van der Waals surface area contributed by atoms with Gasteiger partial charge >= 0.3 is 0 Å². The van der Waals surface area contributed by atoms with Crippen LogP contribution < -0.4 is 4.90 Å². The highest BCUT2D eigenvalue weighted by molar-refractivity contribution is 5.88. The molecule has 2 aliphatic carbocycles. The number of hydrogen-bond donors (Lipinski definition) is 0. The average Bonchev–Trinajstić information content (AvgIpc) is 3.49. The first kappa shape index (κ1) is 32.2. The molecular formula is C49H42N2. The minimum absolute atomic E-state index is 0.106. The zero-order valence-electron chi connectivity index (χ0n) is 29.4. The largest absolute Gasteiger partial charge is 0.334 e. The zero-order valence-corrected chi connectivity index (χ0v) is 29.4. The van der Waals surface area contributed by atoms with Crippen molar-refractivity contribution in [2.45, 2.75) is 32.2 Å². The molecule has 0 bridgehead atoms. The molecule has 248 valence electrons. The van der Waals surface area contributed by atoms with E-state index in [-0.39, 0.29) is 12.0 Å². The van der Waals surface area contributed by atoms with Crippen LogP contribution in [-0.4, -0.2) is 11.0 Å². The van der Waals surface area contributed by atoms with Crippen LogP contribution >= 0.6 is 0 Å². The second kappa shape index (κ2) is 13.7. The molecule has 3 unspecified atom stereocenters. The van der Waals surface area contributed by atoms with Crippen LogP contribution in [0.1, 0.15) is 43.0 Å². The Morgan fingerprint density at radius 3 is 2.10 bits per heavy atom. The molecule has 0 amide bonds. The minimum Gasteiger partial charge on any atom is -0.334 e. The predicted molar refractivity (Wildman–Crippen MR) is 215 cm³/mol. The van der Waals surface area contributed by atoms with E-state index in [0.29, 0.717) is 0 Å². The molecule has 51 heavy (non-hydrogen) atoms. The molecule has 0 saturated heterocycles. The highest BCUT2D eigenvalue weighted by Gasteiger charge is 2.46. The molecule has 6 aromatic rings. The summed E-state index contributed by atoms with van der Waals surface area (Å²) in [6, 6.07) is 51.1. The van der Waals surface area contributed by atoms with Gasteiger partial charge in [0.2, 0.25) is 0 Å². The highest BCUT2D eigenvalue weighted by atomic mass is 15.2. The monoisotopic (exact) mass is 658 g/mol. The fraction of sp³-hybridized carbons (Fsp3) is 0.122. The van der Waals surface area contributed by atoms with Crippen molar-refractivity contribution in [3.63, 3.8) is 0 Å². The van der Waals surface area contributed by atoms with Crippen molar-refractivity contribution in [3.8, 4) is 22.3 Å². The van der Waals surface area contributed by atoms with Crippen LogP contribution in [0.15, 0.2) is 194 Å². The van der Waals surface area contributed by atoms with E-state index in [0.717, 1.165) is 16.8 Å². The molecule has 2 aliphatic rings. The lowest BCUT2D eigenvalue weighted by molar-refractivity contribution is 0.611. The van der Waals surface area contributed by atoms with Gasteiger partial charge in [0.25, 0.3) is 0 Å². The van der Waals surface area contributed by atoms with Gasteiger partial charge in [-0.1, -0.05) is 158 Å². The standard InChI is InChI=1S/C49H42N2/c1-4-5-15-36(3)49(41-19-10-7-11-20-41)46-22-13-12-21-44(46)45-29-28-43(33-47(45)49)51(42-26-23-38(24-27-42)40-18-14-31-50-34-40)48-30-25-39(32-35(48)2)37-16-8-6-9-17-37/h4-35,48H,1-3H3/b5-4-,36-15+. The first-order valence-corrected chi connectivity index (χ1v) is 17.9. The fourth-order valence-electron chi connectivity index (χ4n) is 8.23. The van der Waals surface area contributed by atoms with Crippen molar-refractivity contribution in [2.24, 2.45) is 5.92 Å². The third kappa shape index (κ3) is 5.67. The van der Waals surface area contributed by atoms with Crippen LogP contribution in [0, 0.1) is 5.92 Å². The van der Waals surface area contributed by atoms with Gasteiger partial charge in [-0.05, 0) is 100 Å². The molecule has 0 radical (unpaired) electrons. The van der Waals surface area contributed by atoms with E-state index in [1.165, 1.54) is 50.2 Å². The molecular weight excluding hydrogens is 617 g/mol. The van der Waals surface area contributed by atoms with Gasteiger partial charge in [0, 0.05) is 23.8 Å². The second-order valence-electron chi connectivity index (χ2n) is 13.6. The van der Waals surface area contributed by atoms with E-state index in [1.54, 1.807) is 0 Å². The third-order valence-electron chi connectivity index (χ3n) is 10.6. The van der Waals surface area contributed by atoms with Crippen molar-refractivity contribution < 1.29 is 0 Å². The molecule has 2 heteroatoms. The Balaban J connectivity index is 1.32. The van der Waals surface area contributed by atoms with Crippen molar-refractivity contribution in [1.82, 2.24) is 4.98 Å². The molecule has 5 aromatic carbocycles. The summed E-state index contributed by atoms with van der Waals surface area (Å²) in [6.45, 7) is 6.72. The number of fused-ring (bicyclic) bond motifs is 3. The first-order chi connectivity index (χ1) is 25.1. The lowest BCUT2D eigenvalue weighted by atomic mass is 9.67. The predicted octanol–water partition coefficient (Wildman–Crippen LogP) is 12.4. The minimum atomic E-state index is -0.438. The van der Waals surface area contributed by atoms with E-state index in [4.69, 9.17) is 0 Å². The van der Waals surface area contributed by atoms with Gasteiger partial charge in [-0.2, -0.15) is 0 Å². The molecule has 1 aromatic heterocycles. The maximum Gasteiger partial charge on any atom is 0.0674 e. The number of benzene rings is 5. The van der Waals surface area contributed by atoms with Crippen molar-refractivity contribution >= 4 is 16.9 Å². The number of rotatable bonds is 8. The molecule has 0 fully saturated rings. The van der Waals surface area contributed by atoms with Crippen LogP contribution in [0.2, 0.25) is 0 Å². The van der Waals surface area contributed by atoms with Gasteiger partial charge in [0.05, 0.1) is 11.5 Å². The molecule has 2 nitrogen and oxygen atoms in total. The molecule has 8 rings (SSSR count). The van der Waals surface area contributed by atoms with Crippen LogP contribution in [0.5, 0.6) is 0 Å². The Kier molecular flexibility index (Phi) is 8.67. The third-order valence-corrected chi connectivity index (χ3v) is 10.6. The average molecular weight is 659 g/mol. The molecule has 0 N–H and O–H groups in total. The molecule has 0 saturated carbocycles. The first-order valence-electron chi connectivity index (χ1n) is 17.9. The fourth-order valence-corrected chi connectivity index (χ4v) is 8.23. The highest BCUT2D eigenvalue weighted by Crippen LogP contribution is 2.57. The SMILES string of the molecule is C/C=C\C=C(/C)C1(c2ccccc2)c2ccccc2-c2ccc(N(c3ccc(-c4cccnc4)cc3)C3C=CC(c4ccccc4)=CC3C)cc21. The summed E-state index contributed by atoms with van der Waals surface area (Å²) in [4.78, 5) is 6.91. The summed E-state index contributed by atoms with van der Waals surface area (Å²) in [5.41, 5.74) is 14.5. The van der Waals surface area contributed by atoms with Crippen LogP contribution in [0.4, 0.5) is 11.4 Å². The number of nitrogens with zero attached hydrogens (tertiary/aromatic N) is 2. The summed E-state index contributed by atoms with van der Waals surface area (Å²) in [5, 5.41) is 0. The maximum absolute atomic E-state index is 4.37. The Morgan fingerprint density at radius 2 is 1.37 bits per heavy atom. The van der Waals surface area contributed by atoms with E-state index < -0.39 is 5.41 Å². The molecule has 1 heterocycles. The Bertz CT molecular complexity index is 2280. The summed E-state index contributed by atoms with van der Waals surface area (Å²) in [6.07, 6.45) is 17.5. The van der Waals surface area contributed by atoms with E-state index in [1.807, 2.05) is 18.5 Å². The lowest BCUT2D eigenvalue weighted by Gasteiger charge is -2.38. The normalized spacial score (nSPS) is 19.4. The Morgan fingerprint density at radius 1 is 0.686 bits per heavy atom. The van der Waals surface area contributed by atoms with Gasteiger partial charge in [-0.3, -0.25) is 4.98 Å². The second-order valence-corrected chi connectivity index (χ2v) is 13.6. The van der Waals surface area contributed by atoms with Gasteiger partial charge in [0.1, 0.15) is 0 Å². The van der Waals surface area contributed by atoms with Crippen LogP contribution in [0.3, 0.4) is 0 Å². The number of hydrogen-bond acceptors (Lipinski definition) is 2. The Labute approximate surface area is 302 Å². The van der Waals surface area contributed by atoms with Crippen molar-refractivity contribution in [2.75, 3.05) is 4.90 Å². The summed E-state index contributed by atoms with van der Waals surface area (Å²) in [7, 11) is 0. The maximum atomic E-state index is 4.37. The quantitative estimate of drug-likeness (QED) is 0.151. The topological polar surface area (TPSA) is 16.1 Å². The number of pyridine rings is 1. The van der Waals surface area contributed by atoms with E-state index >= 15 is 0 Å². The zero-order chi connectivity index (χ0) is 34.8. The van der Waals surface area contributed by atoms with Crippen LogP contribution in [0.25, 0.3) is 27.8 Å². The van der Waals surface area contributed by atoms with Gasteiger partial charge in [-0.15, -0.1) is 0 Å². The molecule has 0 aliphatic heterocycles. The lowest BCUT2D eigenvalue weighted by Crippen LogP contribution is -2.36. The van der Waals surface area contributed by atoms with E-state index in [2.05, 4.69) is 201 Å². The number of aromatic nitrogens is 1. The number of anilines is 2. The number of allylic oxidation sites excluding steroid dienone is 6. The van der Waals surface area contributed by atoms with E-state index in [9.17, 15) is 0 Å². The van der Waals surface area contributed by atoms with Gasteiger partial charge in [0.15, 0.2) is 0 Å². The summed E-state index contributed by atoms with van der Waals surface area (Å²) in [5.74, 6) is 0.254. The van der Waals surface area contributed by atoms with Gasteiger partial charge in [-0.25, -0.2) is 0 Å². The van der Waals surface area contributed by atoms with Crippen molar-refractivity contribution in [3.05, 3.63) is 216 Å². The summed E-state index contributed by atoms with van der Waals surface area (Å²) >= 11 is 0.